The summed E-state index contributed by atoms with van der Waals surface area (Å²) in [7, 11) is 0. The molecule has 1 aliphatic rings. The van der Waals surface area contributed by atoms with E-state index in [1.165, 1.54) is 5.56 Å². The third kappa shape index (κ3) is 5.23. The van der Waals surface area contributed by atoms with Gasteiger partial charge in [0.05, 0.1) is 25.3 Å². The van der Waals surface area contributed by atoms with E-state index < -0.39 is 5.60 Å². The van der Waals surface area contributed by atoms with E-state index in [4.69, 9.17) is 9.47 Å². The van der Waals surface area contributed by atoms with Gasteiger partial charge in [0.1, 0.15) is 17.5 Å². The van der Waals surface area contributed by atoms with Crippen LogP contribution in [0.5, 0.6) is 5.75 Å². The Morgan fingerprint density at radius 2 is 1.93 bits per heavy atom. The molecule has 144 valence electrons. The molecule has 5 heteroatoms. The molecule has 0 saturated heterocycles. The molecule has 2 aromatic carbocycles. The molecule has 0 amide bonds. The van der Waals surface area contributed by atoms with E-state index in [1.54, 1.807) is 0 Å². The number of anilines is 1. The fourth-order valence-electron chi connectivity index (χ4n) is 3.17. The first-order chi connectivity index (χ1) is 12.8. The van der Waals surface area contributed by atoms with Crippen molar-refractivity contribution in [3.63, 3.8) is 0 Å². The summed E-state index contributed by atoms with van der Waals surface area (Å²) in [5, 5.41) is 9.57. The number of rotatable bonds is 5. The van der Waals surface area contributed by atoms with Crippen molar-refractivity contribution in [1.29, 1.82) is 0 Å². The minimum atomic E-state index is -0.498. The van der Waals surface area contributed by atoms with Gasteiger partial charge in [-0.05, 0) is 44.0 Å². The van der Waals surface area contributed by atoms with Gasteiger partial charge in [-0.15, -0.1) is 0 Å². The molecule has 0 radical (unpaired) electrons. The Morgan fingerprint density at radius 1 is 1.19 bits per heavy atom. The molecule has 1 heterocycles. The van der Waals surface area contributed by atoms with Crippen molar-refractivity contribution in [1.82, 2.24) is 0 Å². The summed E-state index contributed by atoms with van der Waals surface area (Å²) < 4.78 is 11.3. The molecule has 2 aromatic rings. The van der Waals surface area contributed by atoms with E-state index in [1.807, 2.05) is 57.2 Å². The SMILES string of the molecule is CC(C)(C)OC(=O)Cc1ccc2c(c1)N(Cc1ccccc1)C[C@H](CO)O2. The number of fused-ring (bicyclic) bond motifs is 1. The highest BCUT2D eigenvalue weighted by atomic mass is 16.6. The van der Waals surface area contributed by atoms with Crippen LogP contribution in [0.15, 0.2) is 48.5 Å². The quantitative estimate of drug-likeness (QED) is 0.819. The van der Waals surface area contributed by atoms with Crippen molar-refractivity contribution in [2.45, 2.75) is 45.4 Å². The summed E-state index contributed by atoms with van der Waals surface area (Å²) in [5.74, 6) is 0.478. The van der Waals surface area contributed by atoms with Crippen molar-refractivity contribution < 1.29 is 19.4 Å². The fourth-order valence-corrected chi connectivity index (χ4v) is 3.17. The third-order valence-corrected chi connectivity index (χ3v) is 4.27. The summed E-state index contributed by atoms with van der Waals surface area (Å²) >= 11 is 0. The molecular weight excluding hydrogens is 342 g/mol. The molecule has 1 aliphatic heterocycles. The Bertz CT molecular complexity index is 783. The number of esters is 1. The number of aliphatic hydroxyl groups excluding tert-OH is 1. The Kier molecular flexibility index (Phi) is 5.71. The van der Waals surface area contributed by atoms with Crippen LogP contribution in [0.25, 0.3) is 0 Å². The van der Waals surface area contributed by atoms with Gasteiger partial charge in [0.25, 0.3) is 0 Å². The maximum Gasteiger partial charge on any atom is 0.310 e. The van der Waals surface area contributed by atoms with Gasteiger partial charge in [-0.2, -0.15) is 0 Å². The van der Waals surface area contributed by atoms with Crippen LogP contribution in [0, 0.1) is 0 Å². The highest BCUT2D eigenvalue weighted by Crippen LogP contribution is 2.35. The third-order valence-electron chi connectivity index (χ3n) is 4.27. The first-order valence-corrected chi connectivity index (χ1v) is 9.25. The number of carbonyl (C=O) groups excluding carboxylic acids is 1. The molecule has 3 rings (SSSR count). The maximum absolute atomic E-state index is 12.2. The molecule has 1 atom stereocenters. The number of nitrogens with zero attached hydrogens (tertiary/aromatic N) is 1. The minimum Gasteiger partial charge on any atom is -0.484 e. The molecular formula is C22H27NO4. The molecule has 5 nitrogen and oxygen atoms in total. The highest BCUT2D eigenvalue weighted by molar-refractivity contribution is 5.74. The maximum atomic E-state index is 12.2. The zero-order valence-electron chi connectivity index (χ0n) is 16.1. The molecule has 0 unspecified atom stereocenters. The zero-order valence-corrected chi connectivity index (χ0v) is 16.1. The molecule has 0 bridgehead atoms. The van der Waals surface area contributed by atoms with Crippen molar-refractivity contribution in [3.8, 4) is 5.75 Å². The number of hydrogen-bond acceptors (Lipinski definition) is 5. The Morgan fingerprint density at radius 3 is 2.59 bits per heavy atom. The van der Waals surface area contributed by atoms with Crippen molar-refractivity contribution in [2.24, 2.45) is 0 Å². The van der Waals surface area contributed by atoms with E-state index in [9.17, 15) is 9.90 Å². The standard InChI is InChI=1S/C22H27NO4/c1-22(2,3)27-21(25)12-17-9-10-20-19(11-17)23(14-18(15-24)26-20)13-16-7-5-4-6-8-16/h4-11,18,24H,12-15H2,1-3H3/t18-/m1/s1. The van der Waals surface area contributed by atoms with Crippen LogP contribution in [0.1, 0.15) is 31.9 Å². The smallest absolute Gasteiger partial charge is 0.310 e. The average Bonchev–Trinajstić information content (AvgIpc) is 2.61. The summed E-state index contributed by atoms with van der Waals surface area (Å²) in [5.41, 5.74) is 2.50. The van der Waals surface area contributed by atoms with Crippen molar-refractivity contribution in [2.75, 3.05) is 18.1 Å². The minimum absolute atomic E-state index is 0.0373. The summed E-state index contributed by atoms with van der Waals surface area (Å²) in [6, 6.07) is 15.9. The van der Waals surface area contributed by atoms with Gasteiger partial charge < -0.3 is 19.5 Å². The molecule has 0 aromatic heterocycles. The number of ether oxygens (including phenoxy) is 2. The van der Waals surface area contributed by atoms with Crippen LogP contribution >= 0.6 is 0 Å². The summed E-state index contributed by atoms with van der Waals surface area (Å²) in [6.45, 7) is 6.86. The summed E-state index contributed by atoms with van der Waals surface area (Å²) in [4.78, 5) is 14.4. The van der Waals surface area contributed by atoms with E-state index in [0.717, 1.165) is 17.0 Å². The number of benzene rings is 2. The van der Waals surface area contributed by atoms with Crippen LogP contribution in [-0.4, -0.2) is 35.9 Å². The number of carbonyl (C=O) groups is 1. The van der Waals surface area contributed by atoms with E-state index in [0.29, 0.717) is 13.1 Å². The lowest BCUT2D eigenvalue weighted by Gasteiger charge is -2.36. The fraction of sp³-hybridized carbons (Fsp3) is 0.409. The van der Waals surface area contributed by atoms with Crippen LogP contribution in [-0.2, 0) is 22.5 Å². The molecule has 0 saturated carbocycles. The van der Waals surface area contributed by atoms with Crippen molar-refractivity contribution >= 4 is 11.7 Å². The molecule has 27 heavy (non-hydrogen) atoms. The highest BCUT2D eigenvalue weighted by Gasteiger charge is 2.26. The van der Waals surface area contributed by atoms with Crippen molar-refractivity contribution in [3.05, 3.63) is 59.7 Å². The second-order valence-corrected chi connectivity index (χ2v) is 7.85. The average molecular weight is 369 g/mol. The predicted molar refractivity (Wildman–Crippen MR) is 105 cm³/mol. The Labute approximate surface area is 160 Å². The second kappa shape index (κ2) is 8.01. The Balaban J connectivity index is 1.82. The lowest BCUT2D eigenvalue weighted by atomic mass is 10.1. The first kappa shape index (κ1) is 19.2. The van der Waals surface area contributed by atoms with Gasteiger partial charge >= 0.3 is 5.97 Å². The molecule has 0 spiro atoms. The van der Waals surface area contributed by atoms with Gasteiger partial charge in [0.2, 0.25) is 0 Å². The topological polar surface area (TPSA) is 59.0 Å². The zero-order chi connectivity index (χ0) is 19.4. The predicted octanol–water partition coefficient (Wildman–Crippen LogP) is 3.33. The van der Waals surface area contributed by atoms with Gasteiger partial charge in [-0.1, -0.05) is 36.4 Å². The Hall–Kier alpha value is -2.53. The van der Waals surface area contributed by atoms with Crippen LogP contribution in [0.4, 0.5) is 5.69 Å². The second-order valence-electron chi connectivity index (χ2n) is 7.85. The lowest BCUT2D eigenvalue weighted by molar-refractivity contribution is -0.153. The van der Waals surface area contributed by atoms with Crippen LogP contribution < -0.4 is 9.64 Å². The largest absolute Gasteiger partial charge is 0.484 e. The molecule has 1 N–H and O–H groups in total. The number of aliphatic hydroxyl groups is 1. The summed E-state index contributed by atoms with van der Waals surface area (Å²) in [6.07, 6.45) is -0.0504. The van der Waals surface area contributed by atoms with Gasteiger partial charge in [0.15, 0.2) is 0 Å². The number of hydrogen-bond donors (Lipinski definition) is 1. The molecule has 0 fully saturated rings. The monoisotopic (exact) mass is 369 g/mol. The normalized spacial score (nSPS) is 16.4. The van der Waals surface area contributed by atoms with Gasteiger partial charge in [-0.3, -0.25) is 4.79 Å². The van der Waals surface area contributed by atoms with Crippen LogP contribution in [0.2, 0.25) is 0 Å². The van der Waals surface area contributed by atoms with Gasteiger partial charge in [-0.25, -0.2) is 0 Å². The molecule has 0 aliphatic carbocycles. The first-order valence-electron chi connectivity index (χ1n) is 9.25. The lowest BCUT2D eigenvalue weighted by Crippen LogP contribution is -2.41. The van der Waals surface area contributed by atoms with Crippen LogP contribution in [0.3, 0.4) is 0 Å². The van der Waals surface area contributed by atoms with E-state index in [-0.39, 0.29) is 25.1 Å². The van der Waals surface area contributed by atoms with E-state index >= 15 is 0 Å². The van der Waals surface area contributed by atoms with Gasteiger partial charge in [0, 0.05) is 6.54 Å². The van der Waals surface area contributed by atoms with E-state index in [2.05, 4.69) is 17.0 Å².